The fraction of sp³-hybridized carbons (Fsp3) is 0.303. The molecule has 0 aliphatic heterocycles. The van der Waals surface area contributed by atoms with Crippen molar-refractivity contribution in [1.82, 2.24) is 20.5 Å². The van der Waals surface area contributed by atoms with Gasteiger partial charge in [0.15, 0.2) is 0 Å². The van der Waals surface area contributed by atoms with Gasteiger partial charge in [0.2, 0.25) is 0 Å². The first-order valence-electron chi connectivity index (χ1n) is 14.2. The van der Waals surface area contributed by atoms with E-state index in [4.69, 9.17) is 0 Å². The van der Waals surface area contributed by atoms with Gasteiger partial charge in [-0.25, -0.2) is 4.98 Å². The fourth-order valence-corrected chi connectivity index (χ4v) is 5.59. The summed E-state index contributed by atoms with van der Waals surface area (Å²) in [5.41, 5.74) is 3.66. The van der Waals surface area contributed by atoms with Crippen LogP contribution in [0.3, 0.4) is 0 Å². The number of alkyl halides is 3. The monoisotopic (exact) mass is 640 g/mol. The Bertz CT molecular complexity index is 1600. The number of nitrogens with zero attached hydrogens (tertiary/aromatic N) is 2. The minimum Gasteiger partial charge on any atom is -0.406 e. The molecule has 4 rings (SSSR count). The third-order valence-corrected chi connectivity index (χ3v) is 7.82. The van der Waals surface area contributed by atoms with E-state index in [1.54, 1.807) is 37.1 Å². The summed E-state index contributed by atoms with van der Waals surface area (Å²) in [6.45, 7) is 4.23. The minimum absolute atomic E-state index is 0.0424. The Morgan fingerprint density at radius 3 is 2.40 bits per heavy atom. The molecule has 0 radical (unpaired) electrons. The molecule has 0 fully saturated rings. The predicted molar refractivity (Wildman–Crippen MR) is 166 cm³/mol. The zero-order chi connectivity index (χ0) is 32.6. The zero-order valence-electron chi connectivity index (χ0n) is 25.1. The van der Waals surface area contributed by atoms with Gasteiger partial charge >= 0.3 is 6.36 Å². The number of ether oxygens (including phenoxy) is 1. The normalized spacial score (nSPS) is 12.8. The molecule has 8 nitrogen and oxygen atoms in total. The lowest BCUT2D eigenvalue weighted by molar-refractivity contribution is -0.274. The topological polar surface area (TPSA) is 104 Å². The summed E-state index contributed by atoms with van der Waals surface area (Å²) >= 11 is 1.47. The minimum atomic E-state index is -4.80. The Hall–Kier alpha value is -4.26. The molecule has 0 aliphatic rings. The van der Waals surface area contributed by atoms with Gasteiger partial charge in [0.25, 0.3) is 11.8 Å². The van der Waals surface area contributed by atoms with Crippen LogP contribution < -0.4 is 15.4 Å². The molecule has 1 heterocycles. The molecule has 0 bridgehead atoms. The number of amides is 2. The number of aliphatic hydroxyl groups is 1. The highest BCUT2D eigenvalue weighted by Gasteiger charge is 2.31. The second kappa shape index (κ2) is 15.2. The number of nitrogens with one attached hydrogen (secondary N) is 2. The van der Waals surface area contributed by atoms with Gasteiger partial charge in [-0.05, 0) is 67.3 Å². The number of benzene rings is 3. The van der Waals surface area contributed by atoms with E-state index in [0.29, 0.717) is 24.1 Å². The van der Waals surface area contributed by atoms with Crippen LogP contribution in [0.5, 0.6) is 5.75 Å². The van der Waals surface area contributed by atoms with Crippen LogP contribution in [0.2, 0.25) is 0 Å². The van der Waals surface area contributed by atoms with Crippen LogP contribution in [0.25, 0.3) is 0 Å². The predicted octanol–water partition coefficient (Wildman–Crippen LogP) is 5.42. The number of hydrogen-bond acceptors (Lipinski definition) is 7. The van der Waals surface area contributed by atoms with E-state index in [1.807, 2.05) is 42.6 Å². The van der Waals surface area contributed by atoms with Crippen LogP contribution >= 0.6 is 11.3 Å². The van der Waals surface area contributed by atoms with E-state index in [-0.39, 0.29) is 30.3 Å². The van der Waals surface area contributed by atoms with Gasteiger partial charge in [0, 0.05) is 42.3 Å². The number of halogens is 3. The van der Waals surface area contributed by atoms with Gasteiger partial charge in [-0.2, -0.15) is 0 Å². The number of rotatable bonds is 13. The lowest BCUT2D eigenvalue weighted by Gasteiger charge is -2.25. The van der Waals surface area contributed by atoms with Crippen molar-refractivity contribution in [3.8, 4) is 5.75 Å². The largest absolute Gasteiger partial charge is 0.573 e. The molecule has 2 amide bonds. The molecule has 3 N–H and O–H groups in total. The Labute approximate surface area is 263 Å². The van der Waals surface area contributed by atoms with Crippen molar-refractivity contribution in [3.05, 3.63) is 117 Å². The fourth-order valence-electron chi connectivity index (χ4n) is 4.77. The highest BCUT2D eigenvalue weighted by molar-refractivity contribution is 7.09. The maximum Gasteiger partial charge on any atom is 0.573 e. The lowest BCUT2D eigenvalue weighted by Crippen LogP contribution is -2.48. The number of aromatic nitrogens is 1. The molecule has 2 unspecified atom stereocenters. The molecule has 1 aromatic heterocycles. The number of hydrogen-bond donors (Lipinski definition) is 3. The average molecular weight is 641 g/mol. The lowest BCUT2D eigenvalue weighted by atomic mass is 9.99. The van der Waals surface area contributed by atoms with Gasteiger partial charge in [0.1, 0.15) is 10.8 Å². The standard InChI is InChI=1S/C33H35F3N4O4S/c1-21-12-25(16-26(13-21)32(43)40(3)19-30-38-22(2)20-45-30)31(42)39-28(15-23-8-5-4-6-9-23)29(41)18-37-17-24-10-7-11-27(14-24)44-33(34,35)36/h4-14,16,20,28-29,37,41H,15,17-19H2,1-3H3,(H,39,42). The van der Waals surface area contributed by atoms with Gasteiger partial charge in [-0.3, -0.25) is 9.59 Å². The van der Waals surface area contributed by atoms with Gasteiger partial charge < -0.3 is 25.4 Å². The van der Waals surface area contributed by atoms with E-state index < -0.39 is 24.4 Å². The molecule has 4 aromatic rings. The van der Waals surface area contributed by atoms with Crippen LogP contribution in [0, 0.1) is 13.8 Å². The molecule has 12 heteroatoms. The van der Waals surface area contributed by atoms with Crippen molar-refractivity contribution >= 4 is 23.2 Å². The Kier molecular flexibility index (Phi) is 11.3. The van der Waals surface area contributed by atoms with Gasteiger partial charge in [-0.15, -0.1) is 24.5 Å². The summed E-state index contributed by atoms with van der Waals surface area (Å²) in [4.78, 5) is 32.7. The molecular weight excluding hydrogens is 605 g/mol. The Morgan fingerprint density at radius 1 is 1.00 bits per heavy atom. The molecular formula is C33H35F3N4O4S. The molecule has 3 aromatic carbocycles. The third-order valence-electron chi connectivity index (χ3n) is 6.87. The summed E-state index contributed by atoms with van der Waals surface area (Å²) in [5.74, 6) is -1.05. The molecule has 0 spiro atoms. The maximum atomic E-state index is 13.5. The molecule has 0 aliphatic carbocycles. The van der Waals surface area contributed by atoms with Gasteiger partial charge in [-0.1, -0.05) is 42.5 Å². The summed E-state index contributed by atoms with van der Waals surface area (Å²) in [5, 5.41) is 19.8. The number of carbonyl (C=O) groups excluding carboxylic acids is 2. The summed E-state index contributed by atoms with van der Waals surface area (Å²) in [7, 11) is 1.68. The first-order chi connectivity index (χ1) is 21.4. The van der Waals surface area contributed by atoms with Crippen LogP contribution in [-0.2, 0) is 19.5 Å². The van der Waals surface area contributed by atoms with E-state index in [9.17, 15) is 27.9 Å². The summed E-state index contributed by atoms with van der Waals surface area (Å²) in [6, 6.07) is 19.1. The molecule has 45 heavy (non-hydrogen) atoms. The number of thiazole rings is 1. The second-order valence-corrected chi connectivity index (χ2v) is 11.7. The molecule has 238 valence electrons. The van der Waals surface area contributed by atoms with Crippen LogP contribution in [0.1, 0.15) is 48.1 Å². The van der Waals surface area contributed by atoms with Crippen molar-refractivity contribution in [2.75, 3.05) is 13.6 Å². The van der Waals surface area contributed by atoms with Crippen molar-refractivity contribution in [1.29, 1.82) is 0 Å². The second-order valence-electron chi connectivity index (χ2n) is 10.8. The molecule has 0 saturated heterocycles. The number of carbonyl (C=O) groups is 2. The van der Waals surface area contributed by atoms with Crippen LogP contribution in [-0.4, -0.2) is 58.9 Å². The van der Waals surface area contributed by atoms with Crippen LogP contribution in [0.15, 0.2) is 78.2 Å². The van der Waals surface area contributed by atoms with E-state index >= 15 is 0 Å². The van der Waals surface area contributed by atoms with Crippen LogP contribution in [0.4, 0.5) is 13.2 Å². The number of aryl methyl sites for hydroxylation is 2. The highest BCUT2D eigenvalue weighted by Crippen LogP contribution is 2.23. The SMILES string of the molecule is Cc1cc(C(=O)NC(Cc2ccccc2)C(O)CNCc2cccc(OC(F)(F)F)c2)cc(C(=O)N(C)Cc2nc(C)cs2)c1. The molecule has 0 saturated carbocycles. The van der Waals surface area contributed by atoms with Crippen molar-refractivity contribution < 1.29 is 32.6 Å². The zero-order valence-corrected chi connectivity index (χ0v) is 25.9. The van der Waals surface area contributed by atoms with E-state index in [1.165, 1.54) is 35.6 Å². The van der Waals surface area contributed by atoms with E-state index in [0.717, 1.165) is 21.8 Å². The average Bonchev–Trinajstić information content (AvgIpc) is 3.39. The van der Waals surface area contributed by atoms with Crippen molar-refractivity contribution in [2.24, 2.45) is 0 Å². The quantitative estimate of drug-likeness (QED) is 0.180. The smallest absolute Gasteiger partial charge is 0.406 e. The number of aliphatic hydroxyl groups excluding tert-OH is 1. The maximum absolute atomic E-state index is 13.5. The van der Waals surface area contributed by atoms with Crippen molar-refractivity contribution in [3.63, 3.8) is 0 Å². The Balaban J connectivity index is 1.44. The first kappa shape index (κ1) is 33.6. The van der Waals surface area contributed by atoms with E-state index in [2.05, 4.69) is 20.4 Å². The summed E-state index contributed by atoms with van der Waals surface area (Å²) in [6.07, 6.45) is -5.53. The summed E-state index contributed by atoms with van der Waals surface area (Å²) < 4.78 is 41.8. The third kappa shape index (κ3) is 10.4. The van der Waals surface area contributed by atoms with Gasteiger partial charge in [0.05, 0.1) is 18.7 Å². The first-order valence-corrected chi connectivity index (χ1v) is 15.1. The Morgan fingerprint density at radius 2 is 1.71 bits per heavy atom. The van der Waals surface area contributed by atoms with Crippen molar-refractivity contribution in [2.45, 2.75) is 51.9 Å². The molecule has 2 atom stereocenters. The highest BCUT2D eigenvalue weighted by atomic mass is 32.1.